The maximum absolute atomic E-state index is 13.0. The van der Waals surface area contributed by atoms with Crippen molar-refractivity contribution in [2.24, 2.45) is 0 Å². The van der Waals surface area contributed by atoms with Gasteiger partial charge in [-0.15, -0.1) is 0 Å². The molecule has 0 saturated heterocycles. The van der Waals surface area contributed by atoms with Crippen molar-refractivity contribution in [2.45, 2.75) is 25.6 Å². The zero-order valence-electron chi connectivity index (χ0n) is 15.2. The van der Waals surface area contributed by atoms with Crippen LogP contribution in [-0.2, 0) is 17.5 Å². The van der Waals surface area contributed by atoms with Gasteiger partial charge in [-0.2, -0.15) is 18.3 Å². The van der Waals surface area contributed by atoms with E-state index in [-0.39, 0.29) is 30.6 Å². The Morgan fingerprint density at radius 1 is 1.07 bits per heavy atom. The second kappa shape index (κ2) is 8.68. The van der Waals surface area contributed by atoms with Gasteiger partial charge < -0.3 is 5.32 Å². The predicted octanol–water partition coefficient (Wildman–Crippen LogP) is 3.74. The Hall–Kier alpha value is -3.49. The van der Waals surface area contributed by atoms with E-state index in [4.69, 9.17) is 0 Å². The number of hydrogen-bond donors (Lipinski definition) is 1. The lowest BCUT2D eigenvalue weighted by Crippen LogP contribution is -2.23. The van der Waals surface area contributed by atoms with Gasteiger partial charge in [0.05, 0.1) is 16.9 Å². The van der Waals surface area contributed by atoms with Crippen LogP contribution in [0.25, 0.3) is 11.3 Å². The lowest BCUT2D eigenvalue weighted by atomic mass is 10.1. The van der Waals surface area contributed by atoms with Crippen LogP contribution < -0.4 is 10.9 Å². The van der Waals surface area contributed by atoms with Gasteiger partial charge in [0.25, 0.3) is 5.56 Å². The highest BCUT2D eigenvalue weighted by atomic mass is 19.4. The number of halogens is 3. The summed E-state index contributed by atoms with van der Waals surface area (Å²) in [6.45, 7) is 0.154. The van der Waals surface area contributed by atoms with Crippen molar-refractivity contribution in [3.05, 3.63) is 76.8 Å². The van der Waals surface area contributed by atoms with Gasteiger partial charge in [-0.1, -0.05) is 12.1 Å². The minimum atomic E-state index is -4.56. The topological polar surface area (TPSA) is 76.9 Å². The van der Waals surface area contributed by atoms with Crippen LogP contribution in [-0.4, -0.2) is 20.7 Å². The number of para-hydroxylation sites is 1. The Morgan fingerprint density at radius 2 is 1.86 bits per heavy atom. The fourth-order valence-corrected chi connectivity index (χ4v) is 2.72. The Labute approximate surface area is 164 Å². The SMILES string of the molecule is O=C(CCCn1nc(-c2cccnc2)ccc1=O)Nc1ccccc1C(F)(F)F. The molecule has 3 rings (SSSR count). The number of nitrogens with zero attached hydrogens (tertiary/aromatic N) is 3. The molecule has 3 aromatic rings. The normalized spacial score (nSPS) is 11.3. The number of aryl methyl sites for hydroxylation is 1. The van der Waals surface area contributed by atoms with E-state index < -0.39 is 17.6 Å². The highest BCUT2D eigenvalue weighted by Gasteiger charge is 2.33. The smallest absolute Gasteiger partial charge is 0.326 e. The summed E-state index contributed by atoms with van der Waals surface area (Å²) in [5, 5.41) is 6.53. The van der Waals surface area contributed by atoms with E-state index in [0.29, 0.717) is 5.69 Å². The number of carbonyl (C=O) groups is 1. The van der Waals surface area contributed by atoms with Crippen LogP contribution in [0.3, 0.4) is 0 Å². The summed E-state index contributed by atoms with van der Waals surface area (Å²) in [6.07, 6.45) is -1.15. The zero-order chi connectivity index (χ0) is 20.9. The average Bonchev–Trinajstić information content (AvgIpc) is 2.69. The summed E-state index contributed by atoms with van der Waals surface area (Å²) in [4.78, 5) is 28.0. The molecule has 1 N–H and O–H groups in total. The average molecular weight is 402 g/mol. The van der Waals surface area contributed by atoms with Gasteiger partial charge >= 0.3 is 6.18 Å². The molecule has 29 heavy (non-hydrogen) atoms. The minimum absolute atomic E-state index is 0.0581. The summed E-state index contributed by atoms with van der Waals surface area (Å²) in [6, 6.07) is 11.3. The van der Waals surface area contributed by atoms with E-state index in [2.05, 4.69) is 15.4 Å². The van der Waals surface area contributed by atoms with Crippen molar-refractivity contribution in [1.29, 1.82) is 0 Å². The van der Waals surface area contributed by atoms with E-state index in [1.807, 2.05) is 0 Å². The third-order valence-electron chi connectivity index (χ3n) is 4.10. The summed E-state index contributed by atoms with van der Waals surface area (Å²) in [5.41, 5.74) is -0.237. The van der Waals surface area contributed by atoms with Gasteiger partial charge in [0.1, 0.15) is 0 Å². The largest absolute Gasteiger partial charge is 0.418 e. The molecule has 1 amide bonds. The van der Waals surface area contributed by atoms with Crippen LogP contribution in [0, 0.1) is 0 Å². The fraction of sp³-hybridized carbons (Fsp3) is 0.200. The Morgan fingerprint density at radius 3 is 2.59 bits per heavy atom. The number of amides is 1. The monoisotopic (exact) mass is 402 g/mol. The number of hydrogen-bond acceptors (Lipinski definition) is 4. The number of anilines is 1. The first-order valence-electron chi connectivity index (χ1n) is 8.79. The third kappa shape index (κ3) is 5.28. The van der Waals surface area contributed by atoms with Crippen LogP contribution in [0.4, 0.5) is 18.9 Å². The molecule has 150 valence electrons. The van der Waals surface area contributed by atoms with E-state index in [0.717, 1.165) is 11.6 Å². The van der Waals surface area contributed by atoms with Gasteiger partial charge in [0.15, 0.2) is 0 Å². The molecule has 2 heterocycles. The predicted molar refractivity (Wildman–Crippen MR) is 101 cm³/mol. The van der Waals surface area contributed by atoms with Gasteiger partial charge in [0.2, 0.25) is 5.91 Å². The van der Waals surface area contributed by atoms with Crippen LogP contribution in [0.15, 0.2) is 65.7 Å². The van der Waals surface area contributed by atoms with Crippen molar-refractivity contribution >= 4 is 11.6 Å². The van der Waals surface area contributed by atoms with Crippen molar-refractivity contribution in [1.82, 2.24) is 14.8 Å². The number of aromatic nitrogens is 3. The second-order valence-corrected chi connectivity index (χ2v) is 6.22. The minimum Gasteiger partial charge on any atom is -0.326 e. The maximum atomic E-state index is 13.0. The van der Waals surface area contributed by atoms with Crippen molar-refractivity contribution in [3.63, 3.8) is 0 Å². The van der Waals surface area contributed by atoms with Crippen molar-refractivity contribution < 1.29 is 18.0 Å². The molecular weight excluding hydrogens is 385 g/mol. The number of benzene rings is 1. The third-order valence-corrected chi connectivity index (χ3v) is 4.10. The maximum Gasteiger partial charge on any atom is 0.418 e. The molecule has 0 aliphatic carbocycles. The number of rotatable bonds is 6. The molecule has 0 atom stereocenters. The van der Waals surface area contributed by atoms with Crippen LogP contribution in [0.1, 0.15) is 18.4 Å². The van der Waals surface area contributed by atoms with Crippen LogP contribution in [0.2, 0.25) is 0 Å². The standard InChI is InChI=1S/C20H17F3N4O2/c21-20(22,23)15-6-1-2-7-17(15)25-18(28)8-4-12-27-19(29)10-9-16(26-27)14-5-3-11-24-13-14/h1-3,5-7,9-11,13H,4,8,12H2,(H,25,28). The first kappa shape index (κ1) is 20.2. The molecule has 0 aliphatic heterocycles. The summed E-state index contributed by atoms with van der Waals surface area (Å²) >= 11 is 0. The van der Waals surface area contributed by atoms with Gasteiger partial charge in [-0.05, 0) is 36.8 Å². The molecule has 0 fully saturated rings. The summed E-state index contributed by atoms with van der Waals surface area (Å²) in [5.74, 6) is -0.571. The highest BCUT2D eigenvalue weighted by Crippen LogP contribution is 2.34. The van der Waals surface area contributed by atoms with E-state index in [1.54, 1.807) is 30.6 Å². The fourth-order valence-electron chi connectivity index (χ4n) is 2.72. The molecule has 1 aromatic carbocycles. The molecule has 0 bridgehead atoms. The summed E-state index contributed by atoms with van der Waals surface area (Å²) < 4.78 is 40.2. The van der Waals surface area contributed by atoms with Gasteiger partial charge in [0, 0.05) is 37.0 Å². The summed E-state index contributed by atoms with van der Waals surface area (Å²) in [7, 11) is 0. The van der Waals surface area contributed by atoms with Crippen LogP contribution >= 0.6 is 0 Å². The number of nitrogens with one attached hydrogen (secondary N) is 1. The Balaban J connectivity index is 1.62. The van der Waals surface area contributed by atoms with Crippen molar-refractivity contribution in [2.75, 3.05) is 5.32 Å². The molecule has 6 nitrogen and oxygen atoms in total. The van der Waals surface area contributed by atoms with Crippen molar-refractivity contribution in [3.8, 4) is 11.3 Å². The van der Waals surface area contributed by atoms with Gasteiger partial charge in [-0.25, -0.2) is 4.68 Å². The zero-order valence-corrected chi connectivity index (χ0v) is 15.2. The highest BCUT2D eigenvalue weighted by molar-refractivity contribution is 5.91. The molecule has 2 aromatic heterocycles. The van der Waals surface area contributed by atoms with E-state index in [9.17, 15) is 22.8 Å². The molecule has 0 aliphatic rings. The molecule has 0 unspecified atom stereocenters. The first-order valence-corrected chi connectivity index (χ1v) is 8.79. The Kier molecular flexibility index (Phi) is 6.06. The van der Waals surface area contributed by atoms with E-state index >= 15 is 0 Å². The van der Waals surface area contributed by atoms with Gasteiger partial charge in [-0.3, -0.25) is 14.6 Å². The second-order valence-electron chi connectivity index (χ2n) is 6.22. The molecular formula is C20H17F3N4O2. The quantitative estimate of drug-likeness (QED) is 0.681. The molecule has 0 spiro atoms. The molecule has 0 radical (unpaired) electrons. The van der Waals surface area contributed by atoms with E-state index in [1.165, 1.54) is 28.9 Å². The molecule has 0 saturated carbocycles. The Bertz CT molecular complexity index is 1050. The lowest BCUT2D eigenvalue weighted by Gasteiger charge is -2.13. The lowest BCUT2D eigenvalue weighted by molar-refractivity contribution is -0.137. The first-order chi connectivity index (χ1) is 13.8. The number of carbonyl (C=O) groups excluding carboxylic acids is 1. The number of pyridine rings is 1. The molecule has 9 heteroatoms. The number of alkyl halides is 3. The van der Waals surface area contributed by atoms with Crippen LogP contribution in [0.5, 0.6) is 0 Å².